The van der Waals surface area contributed by atoms with Gasteiger partial charge in [-0.1, -0.05) is 6.07 Å². The van der Waals surface area contributed by atoms with Crippen molar-refractivity contribution in [2.24, 2.45) is 0 Å². The summed E-state index contributed by atoms with van der Waals surface area (Å²) in [5.41, 5.74) is -3.15. The summed E-state index contributed by atoms with van der Waals surface area (Å²) in [7, 11) is 0. The molecule has 4 rings (SSSR count). The second-order valence-electron chi connectivity index (χ2n) is 7.03. The lowest BCUT2D eigenvalue weighted by Gasteiger charge is -2.31. The molecule has 1 atom stereocenters. The molecule has 1 unspecified atom stereocenters. The predicted molar refractivity (Wildman–Crippen MR) is 103 cm³/mol. The molecule has 0 aliphatic heterocycles. The summed E-state index contributed by atoms with van der Waals surface area (Å²) < 4.78 is 87.7. The van der Waals surface area contributed by atoms with Crippen molar-refractivity contribution in [3.8, 4) is 11.4 Å². The maximum atomic E-state index is 13.8. The number of alkyl halides is 3. The highest BCUT2D eigenvalue weighted by atomic mass is 19.4. The third kappa shape index (κ3) is 3.89. The van der Waals surface area contributed by atoms with Gasteiger partial charge in [-0.25, -0.2) is 17.9 Å². The molecule has 32 heavy (non-hydrogen) atoms. The zero-order chi connectivity index (χ0) is 23.1. The van der Waals surface area contributed by atoms with Crippen molar-refractivity contribution < 1.29 is 36.2 Å². The van der Waals surface area contributed by atoms with Gasteiger partial charge in [-0.05, 0) is 54.1 Å². The molecule has 1 heterocycles. The lowest BCUT2D eigenvalue weighted by molar-refractivity contribution is -0.275. The summed E-state index contributed by atoms with van der Waals surface area (Å²) in [5.74, 6) is -3.23. The first-order valence-electron chi connectivity index (χ1n) is 9.20. The number of ether oxygens (including phenoxy) is 1. The van der Waals surface area contributed by atoms with Crippen LogP contribution in [0.3, 0.4) is 0 Å². The van der Waals surface area contributed by atoms with Gasteiger partial charge in [0.1, 0.15) is 18.2 Å². The average Bonchev–Trinajstić information content (AvgIpc) is 3.16. The van der Waals surface area contributed by atoms with Crippen LogP contribution < -0.4 is 4.74 Å². The Morgan fingerprint density at radius 3 is 2.22 bits per heavy atom. The molecule has 0 aliphatic rings. The highest BCUT2D eigenvalue weighted by Gasteiger charge is 2.56. The molecule has 10 heteroatoms. The summed E-state index contributed by atoms with van der Waals surface area (Å²) in [6, 6.07) is 10.9. The van der Waals surface area contributed by atoms with Gasteiger partial charge < -0.3 is 9.84 Å². The molecule has 0 aliphatic carbocycles. The van der Waals surface area contributed by atoms with Gasteiger partial charge in [-0.3, -0.25) is 0 Å². The SMILES string of the molecule is OC(COc1ccc(F)cc1F)(c1ccc2c(cnn2-c2ccc(F)cc2)c1)C(F)(F)F. The van der Waals surface area contributed by atoms with E-state index in [1.54, 1.807) is 0 Å². The fourth-order valence-electron chi connectivity index (χ4n) is 3.18. The Morgan fingerprint density at radius 2 is 1.56 bits per heavy atom. The number of halogens is 6. The quantitative estimate of drug-likeness (QED) is 0.420. The summed E-state index contributed by atoms with van der Waals surface area (Å²) in [6.07, 6.45) is -3.89. The van der Waals surface area contributed by atoms with E-state index in [0.29, 0.717) is 17.3 Å². The Kier molecular flexibility index (Phi) is 5.33. The Labute approximate surface area is 177 Å². The van der Waals surface area contributed by atoms with Gasteiger partial charge in [-0.15, -0.1) is 0 Å². The van der Waals surface area contributed by atoms with Crippen LogP contribution in [0.15, 0.2) is 66.9 Å². The molecule has 0 saturated carbocycles. The maximum Gasteiger partial charge on any atom is 0.424 e. The van der Waals surface area contributed by atoms with Gasteiger partial charge >= 0.3 is 6.18 Å². The number of aliphatic hydroxyl groups is 1. The number of rotatable bonds is 5. The summed E-state index contributed by atoms with van der Waals surface area (Å²) in [6.45, 7) is -1.36. The number of fused-ring (bicyclic) bond motifs is 1. The van der Waals surface area contributed by atoms with E-state index in [-0.39, 0.29) is 5.39 Å². The topological polar surface area (TPSA) is 47.3 Å². The van der Waals surface area contributed by atoms with Crippen molar-refractivity contribution >= 4 is 10.9 Å². The summed E-state index contributed by atoms with van der Waals surface area (Å²) >= 11 is 0. The minimum atomic E-state index is -5.18. The molecule has 4 nitrogen and oxygen atoms in total. The first-order chi connectivity index (χ1) is 15.1. The zero-order valence-electron chi connectivity index (χ0n) is 16.1. The Hall–Kier alpha value is -3.53. The standard InChI is InChI=1S/C22H14F6N2O2/c23-15-2-5-17(6-3-15)30-19-7-1-14(9-13(19)11-29-30)21(31,22(26,27)28)12-32-20-8-4-16(24)10-18(20)25/h1-11,31H,12H2. The third-order valence-electron chi connectivity index (χ3n) is 4.92. The number of nitrogens with zero attached hydrogens (tertiary/aromatic N) is 2. The van der Waals surface area contributed by atoms with E-state index < -0.39 is 47.1 Å². The van der Waals surface area contributed by atoms with Crippen LogP contribution in [0.4, 0.5) is 26.3 Å². The van der Waals surface area contributed by atoms with E-state index in [2.05, 4.69) is 5.10 Å². The smallest absolute Gasteiger partial charge is 0.424 e. The molecule has 0 radical (unpaired) electrons. The fourth-order valence-corrected chi connectivity index (χ4v) is 3.18. The second kappa shape index (κ2) is 7.86. The minimum absolute atomic E-state index is 0.266. The third-order valence-corrected chi connectivity index (χ3v) is 4.92. The largest absolute Gasteiger partial charge is 0.487 e. The van der Waals surface area contributed by atoms with Crippen molar-refractivity contribution in [3.63, 3.8) is 0 Å². The monoisotopic (exact) mass is 452 g/mol. The molecule has 3 aromatic carbocycles. The minimum Gasteiger partial charge on any atom is -0.487 e. The first-order valence-corrected chi connectivity index (χ1v) is 9.20. The Bertz CT molecular complexity index is 1270. The predicted octanol–water partition coefficient (Wildman–Crippen LogP) is 5.27. The fraction of sp³-hybridized carbons (Fsp3) is 0.136. The molecule has 0 fully saturated rings. The molecular formula is C22H14F6N2O2. The lowest BCUT2D eigenvalue weighted by atomic mass is 9.93. The highest BCUT2D eigenvalue weighted by molar-refractivity contribution is 5.81. The van der Waals surface area contributed by atoms with E-state index in [0.717, 1.165) is 24.3 Å². The molecule has 0 spiro atoms. The zero-order valence-corrected chi connectivity index (χ0v) is 16.1. The van der Waals surface area contributed by atoms with Crippen molar-refractivity contribution in [2.75, 3.05) is 6.61 Å². The molecular weight excluding hydrogens is 438 g/mol. The van der Waals surface area contributed by atoms with Crippen LogP contribution in [0, 0.1) is 17.5 Å². The van der Waals surface area contributed by atoms with Crippen LogP contribution in [0.2, 0.25) is 0 Å². The van der Waals surface area contributed by atoms with Crippen molar-refractivity contribution in [3.05, 3.63) is 89.9 Å². The van der Waals surface area contributed by atoms with Crippen LogP contribution in [0.25, 0.3) is 16.6 Å². The maximum absolute atomic E-state index is 13.8. The van der Waals surface area contributed by atoms with Gasteiger partial charge in [-0.2, -0.15) is 18.3 Å². The second-order valence-corrected chi connectivity index (χ2v) is 7.03. The summed E-state index contributed by atoms with van der Waals surface area (Å²) in [5, 5.41) is 14.9. The van der Waals surface area contributed by atoms with Crippen LogP contribution in [-0.2, 0) is 5.60 Å². The van der Waals surface area contributed by atoms with E-state index >= 15 is 0 Å². The Balaban J connectivity index is 1.70. The van der Waals surface area contributed by atoms with Crippen molar-refractivity contribution in [2.45, 2.75) is 11.8 Å². The van der Waals surface area contributed by atoms with E-state index in [9.17, 15) is 31.4 Å². The summed E-state index contributed by atoms with van der Waals surface area (Å²) in [4.78, 5) is 0. The van der Waals surface area contributed by atoms with Gasteiger partial charge in [0.15, 0.2) is 11.6 Å². The van der Waals surface area contributed by atoms with Crippen LogP contribution in [0.5, 0.6) is 5.75 Å². The number of hydrogen-bond donors (Lipinski definition) is 1. The molecule has 0 bridgehead atoms. The molecule has 4 aromatic rings. The van der Waals surface area contributed by atoms with E-state index in [4.69, 9.17) is 4.74 Å². The van der Waals surface area contributed by atoms with Crippen LogP contribution in [-0.4, -0.2) is 27.7 Å². The van der Waals surface area contributed by atoms with Gasteiger partial charge in [0.2, 0.25) is 5.60 Å². The average molecular weight is 452 g/mol. The van der Waals surface area contributed by atoms with Gasteiger partial charge in [0, 0.05) is 11.5 Å². The first kappa shape index (κ1) is 21.7. The van der Waals surface area contributed by atoms with E-state index in [1.807, 2.05) is 0 Å². The molecule has 166 valence electrons. The molecule has 0 saturated heterocycles. The van der Waals surface area contributed by atoms with Gasteiger partial charge in [0.25, 0.3) is 0 Å². The number of aromatic nitrogens is 2. The molecule has 1 N–H and O–H groups in total. The van der Waals surface area contributed by atoms with Crippen molar-refractivity contribution in [1.29, 1.82) is 0 Å². The normalized spacial score (nSPS) is 13.8. The van der Waals surface area contributed by atoms with Crippen LogP contribution >= 0.6 is 0 Å². The lowest BCUT2D eigenvalue weighted by Crippen LogP contribution is -2.47. The van der Waals surface area contributed by atoms with Crippen LogP contribution in [0.1, 0.15) is 5.56 Å². The molecule has 0 amide bonds. The number of hydrogen-bond acceptors (Lipinski definition) is 3. The molecule has 1 aromatic heterocycles. The highest BCUT2D eigenvalue weighted by Crippen LogP contribution is 2.40. The Morgan fingerprint density at radius 1 is 0.875 bits per heavy atom. The number of benzene rings is 3. The van der Waals surface area contributed by atoms with Crippen molar-refractivity contribution in [1.82, 2.24) is 9.78 Å². The van der Waals surface area contributed by atoms with E-state index in [1.165, 1.54) is 41.2 Å². The van der Waals surface area contributed by atoms with Gasteiger partial charge in [0.05, 0.1) is 17.4 Å².